The van der Waals surface area contributed by atoms with Gasteiger partial charge < -0.3 is 5.32 Å². The summed E-state index contributed by atoms with van der Waals surface area (Å²) in [7, 11) is 0. The average Bonchev–Trinajstić information content (AvgIpc) is 3.25. The largest absolute Gasteiger partial charge is 0.416 e. The van der Waals surface area contributed by atoms with Gasteiger partial charge in [-0.3, -0.25) is 9.36 Å². The van der Waals surface area contributed by atoms with Crippen LogP contribution in [0, 0.1) is 5.82 Å². The monoisotopic (exact) mass is 554 g/mol. The van der Waals surface area contributed by atoms with Crippen LogP contribution < -0.4 is 5.32 Å². The Bertz CT molecular complexity index is 1390. The number of halogens is 6. The van der Waals surface area contributed by atoms with Gasteiger partial charge in [0, 0.05) is 16.5 Å². The van der Waals surface area contributed by atoms with E-state index in [1.165, 1.54) is 42.5 Å². The summed E-state index contributed by atoms with van der Waals surface area (Å²) in [5.41, 5.74) is 0.381. The van der Waals surface area contributed by atoms with Crippen LogP contribution in [0.25, 0.3) is 5.69 Å². The summed E-state index contributed by atoms with van der Waals surface area (Å²) in [4.78, 5) is 12.7. The van der Waals surface area contributed by atoms with Crippen molar-refractivity contribution in [3.8, 4) is 5.69 Å². The number of alkyl halides is 3. The summed E-state index contributed by atoms with van der Waals surface area (Å²) >= 11 is 13.2. The van der Waals surface area contributed by atoms with E-state index in [0.717, 1.165) is 23.9 Å². The van der Waals surface area contributed by atoms with Crippen molar-refractivity contribution in [2.75, 3.05) is 0 Å². The number of carbonyl (C=O) groups is 1. The molecule has 3 aromatic carbocycles. The third-order valence-electron chi connectivity index (χ3n) is 4.99. The van der Waals surface area contributed by atoms with Gasteiger partial charge in [-0.25, -0.2) is 4.39 Å². The molecule has 0 radical (unpaired) electrons. The van der Waals surface area contributed by atoms with Gasteiger partial charge in [0.25, 0.3) is 5.91 Å². The smallest absolute Gasteiger partial charge is 0.345 e. The van der Waals surface area contributed by atoms with Crippen LogP contribution in [-0.2, 0) is 18.5 Å². The molecule has 186 valence electrons. The first-order valence-electron chi connectivity index (χ1n) is 10.3. The highest BCUT2D eigenvalue weighted by molar-refractivity contribution is 7.98. The molecular weight excluding hydrogens is 539 g/mol. The van der Waals surface area contributed by atoms with Crippen molar-refractivity contribution in [1.82, 2.24) is 20.1 Å². The SMILES string of the molecule is O=C(NCc1nnc(SCc2cccc(C(F)(F)F)c2)n1-c1ccc(F)cc1)c1cc(Cl)ccc1Cl. The standard InChI is InChI=1S/C24H16Cl2F4N4OS/c25-16-4-9-20(26)19(11-16)22(35)31-12-21-32-33-23(34(21)18-7-5-17(27)6-8-18)36-13-14-2-1-3-15(10-14)24(28,29)30/h1-11H,12-13H2,(H,31,35). The molecule has 1 heterocycles. The third kappa shape index (κ3) is 6.18. The molecule has 0 aliphatic heterocycles. The summed E-state index contributed by atoms with van der Waals surface area (Å²) < 4.78 is 54.3. The number of thioether (sulfide) groups is 1. The molecule has 5 nitrogen and oxygen atoms in total. The maximum Gasteiger partial charge on any atom is 0.416 e. The summed E-state index contributed by atoms with van der Waals surface area (Å²) in [5, 5.41) is 11.9. The minimum atomic E-state index is -4.45. The molecule has 0 fully saturated rings. The minimum absolute atomic E-state index is 0.0594. The molecule has 0 bridgehead atoms. The molecule has 36 heavy (non-hydrogen) atoms. The second-order valence-corrected chi connectivity index (χ2v) is 9.29. The van der Waals surface area contributed by atoms with Gasteiger partial charge in [-0.15, -0.1) is 10.2 Å². The molecule has 1 aromatic heterocycles. The summed E-state index contributed by atoms with van der Waals surface area (Å²) in [6, 6.07) is 15.0. The molecule has 1 amide bonds. The number of carbonyl (C=O) groups excluding carboxylic acids is 1. The topological polar surface area (TPSA) is 59.8 Å². The van der Waals surface area contributed by atoms with E-state index in [1.54, 1.807) is 16.7 Å². The fourth-order valence-electron chi connectivity index (χ4n) is 3.27. The maximum atomic E-state index is 13.5. The van der Waals surface area contributed by atoms with Crippen LogP contribution in [-0.4, -0.2) is 20.7 Å². The number of nitrogens with one attached hydrogen (secondary N) is 1. The van der Waals surface area contributed by atoms with Gasteiger partial charge in [0.1, 0.15) is 5.82 Å². The third-order valence-corrected chi connectivity index (χ3v) is 6.55. The van der Waals surface area contributed by atoms with Crippen molar-refractivity contribution in [3.05, 3.63) is 105 Å². The molecule has 0 unspecified atom stereocenters. The van der Waals surface area contributed by atoms with Crippen LogP contribution in [0.5, 0.6) is 0 Å². The zero-order chi connectivity index (χ0) is 25.9. The van der Waals surface area contributed by atoms with E-state index in [-0.39, 0.29) is 22.9 Å². The average molecular weight is 555 g/mol. The predicted octanol–water partition coefficient (Wildman–Crippen LogP) is 6.95. The zero-order valence-corrected chi connectivity index (χ0v) is 20.5. The normalized spacial score (nSPS) is 11.5. The Balaban J connectivity index is 1.58. The van der Waals surface area contributed by atoms with Crippen LogP contribution in [0.1, 0.15) is 27.3 Å². The lowest BCUT2D eigenvalue weighted by molar-refractivity contribution is -0.137. The van der Waals surface area contributed by atoms with Gasteiger partial charge in [-0.1, -0.05) is 53.2 Å². The van der Waals surface area contributed by atoms with Crippen molar-refractivity contribution in [2.24, 2.45) is 0 Å². The number of nitrogens with zero attached hydrogens (tertiary/aromatic N) is 3. The minimum Gasteiger partial charge on any atom is -0.345 e. The van der Waals surface area contributed by atoms with Gasteiger partial charge in [0.05, 0.1) is 22.7 Å². The number of rotatable bonds is 7. The fraction of sp³-hybridized carbons (Fsp3) is 0.125. The van der Waals surface area contributed by atoms with E-state index in [2.05, 4.69) is 15.5 Å². The first-order valence-corrected chi connectivity index (χ1v) is 12.1. The Kier molecular flexibility index (Phi) is 7.87. The molecule has 12 heteroatoms. The molecule has 1 N–H and O–H groups in total. The Hall–Kier alpha value is -3.08. The summed E-state index contributed by atoms with van der Waals surface area (Å²) in [6.45, 7) is -0.0594. The molecule has 4 aromatic rings. The van der Waals surface area contributed by atoms with Crippen molar-refractivity contribution >= 4 is 40.9 Å². The lowest BCUT2D eigenvalue weighted by Gasteiger charge is -2.12. The number of amides is 1. The lowest BCUT2D eigenvalue weighted by Crippen LogP contribution is -2.25. The Morgan fingerprint density at radius 3 is 2.47 bits per heavy atom. The second-order valence-electron chi connectivity index (χ2n) is 7.50. The predicted molar refractivity (Wildman–Crippen MR) is 130 cm³/mol. The second kappa shape index (κ2) is 10.9. The van der Waals surface area contributed by atoms with E-state index >= 15 is 0 Å². The molecule has 0 saturated carbocycles. The Morgan fingerprint density at radius 1 is 1.00 bits per heavy atom. The van der Waals surface area contributed by atoms with Gasteiger partial charge in [0.2, 0.25) is 0 Å². The molecule has 0 spiro atoms. The Morgan fingerprint density at radius 2 is 1.75 bits per heavy atom. The first-order chi connectivity index (χ1) is 17.1. The Labute approximate surface area is 217 Å². The zero-order valence-electron chi connectivity index (χ0n) is 18.2. The maximum absolute atomic E-state index is 13.5. The van der Waals surface area contributed by atoms with Crippen LogP contribution >= 0.6 is 35.0 Å². The van der Waals surface area contributed by atoms with Crippen LogP contribution in [0.15, 0.2) is 71.9 Å². The number of aromatic nitrogens is 3. The van der Waals surface area contributed by atoms with E-state index in [1.807, 2.05) is 0 Å². The van der Waals surface area contributed by atoms with E-state index in [9.17, 15) is 22.4 Å². The molecule has 0 aliphatic rings. The van der Waals surface area contributed by atoms with Gasteiger partial charge in [-0.05, 0) is 54.1 Å². The van der Waals surface area contributed by atoms with Gasteiger partial charge in [-0.2, -0.15) is 13.2 Å². The van der Waals surface area contributed by atoms with E-state index < -0.39 is 23.5 Å². The molecular formula is C24H16Cl2F4N4OS. The molecule has 4 rings (SSSR count). The van der Waals surface area contributed by atoms with Crippen LogP contribution in [0.4, 0.5) is 17.6 Å². The number of hydrogen-bond acceptors (Lipinski definition) is 4. The fourth-order valence-corrected chi connectivity index (χ4v) is 4.56. The highest BCUT2D eigenvalue weighted by Crippen LogP contribution is 2.32. The first kappa shape index (κ1) is 26.0. The van der Waals surface area contributed by atoms with Crippen molar-refractivity contribution in [2.45, 2.75) is 23.6 Å². The van der Waals surface area contributed by atoms with Crippen molar-refractivity contribution < 1.29 is 22.4 Å². The molecule has 0 saturated heterocycles. The highest BCUT2D eigenvalue weighted by Gasteiger charge is 2.30. The van der Waals surface area contributed by atoms with Crippen molar-refractivity contribution in [3.63, 3.8) is 0 Å². The number of hydrogen-bond donors (Lipinski definition) is 1. The van der Waals surface area contributed by atoms with Crippen LogP contribution in [0.2, 0.25) is 10.0 Å². The molecule has 0 aliphatic carbocycles. The van der Waals surface area contributed by atoms with E-state index in [4.69, 9.17) is 23.2 Å². The summed E-state index contributed by atoms with van der Waals surface area (Å²) in [5.74, 6) is -0.447. The van der Waals surface area contributed by atoms with E-state index in [0.29, 0.717) is 27.3 Å². The van der Waals surface area contributed by atoms with Gasteiger partial charge >= 0.3 is 6.18 Å². The highest BCUT2D eigenvalue weighted by atomic mass is 35.5. The summed E-state index contributed by atoms with van der Waals surface area (Å²) in [6.07, 6.45) is -4.45. The molecule has 0 atom stereocenters. The van der Waals surface area contributed by atoms with Crippen LogP contribution in [0.3, 0.4) is 0 Å². The van der Waals surface area contributed by atoms with Gasteiger partial charge in [0.15, 0.2) is 11.0 Å². The number of benzene rings is 3. The quantitative estimate of drug-likeness (QED) is 0.198. The lowest BCUT2D eigenvalue weighted by atomic mass is 10.1. The van der Waals surface area contributed by atoms with Crippen molar-refractivity contribution in [1.29, 1.82) is 0 Å².